The van der Waals surface area contributed by atoms with E-state index >= 15 is 0 Å². The molecule has 0 spiro atoms. The lowest BCUT2D eigenvalue weighted by Gasteiger charge is -2.08. The molecule has 0 aliphatic carbocycles. The van der Waals surface area contributed by atoms with Crippen molar-refractivity contribution in [3.05, 3.63) is 64.6 Å². The summed E-state index contributed by atoms with van der Waals surface area (Å²) in [4.78, 5) is 33.6. The van der Waals surface area contributed by atoms with Crippen LogP contribution in [-0.4, -0.2) is 36.4 Å². The predicted octanol–water partition coefficient (Wildman–Crippen LogP) is 1.90. The zero-order valence-corrected chi connectivity index (χ0v) is 14.4. The Morgan fingerprint density at radius 1 is 1.15 bits per heavy atom. The highest BCUT2D eigenvalue weighted by molar-refractivity contribution is 5.91. The third kappa shape index (κ3) is 7.02. The summed E-state index contributed by atoms with van der Waals surface area (Å²) in [6.07, 6.45) is 4.95. The maximum absolute atomic E-state index is 11.7. The summed E-state index contributed by atoms with van der Waals surface area (Å²) in [6, 6.07) is 9.28. The van der Waals surface area contributed by atoms with Crippen molar-refractivity contribution in [1.82, 2.24) is 10.6 Å². The van der Waals surface area contributed by atoms with Crippen molar-refractivity contribution in [2.24, 2.45) is 0 Å². The van der Waals surface area contributed by atoms with Gasteiger partial charge in [-0.05, 0) is 30.7 Å². The van der Waals surface area contributed by atoms with Crippen molar-refractivity contribution in [3.63, 3.8) is 0 Å². The quantitative estimate of drug-likeness (QED) is 0.284. The highest BCUT2D eigenvalue weighted by atomic mass is 16.6. The number of hydrogen-bond acceptors (Lipinski definition) is 6. The molecule has 0 saturated carbocycles. The molecule has 142 valence electrons. The van der Waals surface area contributed by atoms with Crippen LogP contribution in [0.5, 0.6) is 5.75 Å². The normalized spacial score (nSPS) is 10.5. The van der Waals surface area contributed by atoms with E-state index in [-0.39, 0.29) is 24.0 Å². The average Bonchev–Trinajstić information content (AvgIpc) is 3.18. The van der Waals surface area contributed by atoms with Gasteiger partial charge in [0.1, 0.15) is 5.76 Å². The fourth-order valence-corrected chi connectivity index (χ4v) is 2.06. The first-order chi connectivity index (χ1) is 13.1. The highest BCUT2D eigenvalue weighted by Gasteiger charge is 2.14. The molecule has 1 aromatic heterocycles. The SMILES string of the molecule is O=C(/C=C/c1ccco1)NCCCNC(=O)COc1ccccc1[N+](=O)[O-]. The first-order valence-electron chi connectivity index (χ1n) is 8.18. The number of para-hydroxylation sites is 2. The topological polar surface area (TPSA) is 124 Å². The summed E-state index contributed by atoms with van der Waals surface area (Å²) < 4.78 is 10.2. The number of nitro groups is 1. The maximum Gasteiger partial charge on any atom is 0.310 e. The summed E-state index contributed by atoms with van der Waals surface area (Å²) in [7, 11) is 0. The largest absolute Gasteiger partial charge is 0.477 e. The molecular weight excluding hydrogens is 354 g/mol. The van der Waals surface area contributed by atoms with Crippen molar-refractivity contribution in [2.45, 2.75) is 6.42 Å². The molecule has 1 heterocycles. The summed E-state index contributed by atoms with van der Waals surface area (Å²) in [5.74, 6) is -0.0565. The number of rotatable bonds is 10. The molecule has 0 saturated heterocycles. The van der Waals surface area contributed by atoms with Gasteiger partial charge in [0.15, 0.2) is 12.4 Å². The van der Waals surface area contributed by atoms with Crippen LogP contribution in [0.25, 0.3) is 6.08 Å². The lowest BCUT2D eigenvalue weighted by molar-refractivity contribution is -0.385. The second-order valence-corrected chi connectivity index (χ2v) is 5.36. The molecular formula is C18H19N3O6. The Bertz CT molecular complexity index is 801. The number of nitrogens with one attached hydrogen (secondary N) is 2. The number of benzene rings is 1. The number of amides is 2. The van der Waals surface area contributed by atoms with Gasteiger partial charge in [0.2, 0.25) is 5.91 Å². The summed E-state index contributed by atoms with van der Waals surface area (Å²) >= 11 is 0. The average molecular weight is 373 g/mol. The lowest BCUT2D eigenvalue weighted by atomic mass is 10.3. The van der Waals surface area contributed by atoms with Crippen LogP contribution in [0, 0.1) is 10.1 Å². The minimum absolute atomic E-state index is 0.0354. The summed E-state index contributed by atoms with van der Waals surface area (Å²) in [5, 5.41) is 16.1. The number of nitro benzene ring substituents is 1. The van der Waals surface area contributed by atoms with Gasteiger partial charge in [-0.3, -0.25) is 19.7 Å². The summed E-state index contributed by atoms with van der Waals surface area (Å²) in [5.41, 5.74) is -0.199. The second kappa shape index (κ2) is 10.4. The van der Waals surface area contributed by atoms with E-state index in [4.69, 9.17) is 9.15 Å². The fourth-order valence-electron chi connectivity index (χ4n) is 2.06. The highest BCUT2D eigenvalue weighted by Crippen LogP contribution is 2.25. The Morgan fingerprint density at radius 2 is 1.93 bits per heavy atom. The molecule has 2 amide bonds. The molecule has 27 heavy (non-hydrogen) atoms. The Labute approximate surface area is 155 Å². The predicted molar refractivity (Wildman–Crippen MR) is 97.0 cm³/mol. The van der Waals surface area contributed by atoms with E-state index in [9.17, 15) is 19.7 Å². The smallest absolute Gasteiger partial charge is 0.310 e. The molecule has 2 rings (SSSR count). The Kier molecular flexibility index (Phi) is 7.58. The van der Waals surface area contributed by atoms with Crippen LogP contribution in [-0.2, 0) is 9.59 Å². The minimum atomic E-state index is -0.573. The van der Waals surface area contributed by atoms with Gasteiger partial charge < -0.3 is 19.8 Å². The van der Waals surface area contributed by atoms with E-state index < -0.39 is 10.8 Å². The molecule has 0 aliphatic rings. The Balaban J connectivity index is 1.60. The van der Waals surface area contributed by atoms with Crippen molar-refractivity contribution < 1.29 is 23.7 Å². The third-order valence-corrected chi connectivity index (χ3v) is 3.34. The Hall–Kier alpha value is -3.62. The van der Waals surface area contributed by atoms with Crippen molar-refractivity contribution in [3.8, 4) is 5.75 Å². The van der Waals surface area contributed by atoms with Gasteiger partial charge in [-0.2, -0.15) is 0 Å². The summed E-state index contributed by atoms with van der Waals surface area (Å²) in [6.45, 7) is 0.386. The van der Waals surface area contributed by atoms with Crippen LogP contribution in [0.3, 0.4) is 0 Å². The minimum Gasteiger partial charge on any atom is -0.477 e. The van der Waals surface area contributed by atoms with E-state index in [2.05, 4.69) is 10.6 Å². The molecule has 2 N–H and O–H groups in total. The van der Waals surface area contributed by atoms with Gasteiger partial charge >= 0.3 is 5.69 Å². The Morgan fingerprint density at radius 3 is 2.67 bits per heavy atom. The van der Waals surface area contributed by atoms with E-state index in [0.717, 1.165) is 0 Å². The fraction of sp³-hybridized carbons (Fsp3) is 0.222. The molecule has 0 fully saturated rings. The number of furan rings is 1. The van der Waals surface area contributed by atoms with Crippen LogP contribution in [0.2, 0.25) is 0 Å². The monoisotopic (exact) mass is 373 g/mol. The molecule has 0 unspecified atom stereocenters. The van der Waals surface area contributed by atoms with Crippen LogP contribution in [0.4, 0.5) is 5.69 Å². The molecule has 9 heteroatoms. The van der Waals surface area contributed by atoms with E-state index in [1.165, 1.54) is 30.5 Å². The molecule has 0 bridgehead atoms. The number of carbonyl (C=O) groups excluding carboxylic acids is 2. The third-order valence-electron chi connectivity index (χ3n) is 3.34. The van der Waals surface area contributed by atoms with E-state index in [0.29, 0.717) is 25.3 Å². The van der Waals surface area contributed by atoms with Crippen molar-refractivity contribution in [1.29, 1.82) is 0 Å². The standard InChI is InChI=1S/C18H19N3O6/c22-17(9-8-14-5-3-12-26-14)19-10-4-11-20-18(23)13-27-16-7-2-1-6-15(16)21(24)25/h1-3,5-9,12H,4,10-11,13H2,(H,19,22)(H,20,23)/b9-8+. The zero-order chi connectivity index (χ0) is 19.5. The molecule has 0 radical (unpaired) electrons. The maximum atomic E-state index is 11.7. The van der Waals surface area contributed by atoms with Crippen LogP contribution >= 0.6 is 0 Å². The van der Waals surface area contributed by atoms with Crippen molar-refractivity contribution >= 4 is 23.6 Å². The number of carbonyl (C=O) groups is 2. The van der Waals surface area contributed by atoms with Crippen LogP contribution < -0.4 is 15.4 Å². The molecule has 0 atom stereocenters. The first-order valence-corrected chi connectivity index (χ1v) is 8.18. The van der Waals surface area contributed by atoms with Gasteiger partial charge in [-0.1, -0.05) is 12.1 Å². The van der Waals surface area contributed by atoms with Crippen LogP contribution in [0.15, 0.2) is 53.2 Å². The number of ether oxygens (including phenoxy) is 1. The number of hydrogen-bond donors (Lipinski definition) is 2. The lowest BCUT2D eigenvalue weighted by Crippen LogP contribution is -2.32. The van der Waals surface area contributed by atoms with Crippen LogP contribution in [0.1, 0.15) is 12.2 Å². The molecule has 0 aliphatic heterocycles. The number of nitrogens with zero attached hydrogens (tertiary/aromatic N) is 1. The van der Waals surface area contributed by atoms with Gasteiger partial charge in [0.05, 0.1) is 11.2 Å². The zero-order valence-electron chi connectivity index (χ0n) is 14.4. The van der Waals surface area contributed by atoms with Gasteiger partial charge in [0, 0.05) is 25.2 Å². The van der Waals surface area contributed by atoms with Gasteiger partial charge in [-0.15, -0.1) is 0 Å². The van der Waals surface area contributed by atoms with Gasteiger partial charge in [0.25, 0.3) is 5.91 Å². The molecule has 1 aromatic carbocycles. The van der Waals surface area contributed by atoms with Crippen molar-refractivity contribution in [2.75, 3.05) is 19.7 Å². The first kappa shape index (κ1) is 19.7. The molecule has 2 aromatic rings. The van der Waals surface area contributed by atoms with E-state index in [1.807, 2.05) is 0 Å². The van der Waals surface area contributed by atoms with Gasteiger partial charge in [-0.25, -0.2) is 0 Å². The molecule has 9 nitrogen and oxygen atoms in total. The van der Waals surface area contributed by atoms with E-state index in [1.54, 1.807) is 24.3 Å². The second-order valence-electron chi connectivity index (χ2n) is 5.36.